The summed E-state index contributed by atoms with van der Waals surface area (Å²) in [6.45, 7) is 7.55. The first-order chi connectivity index (χ1) is 18.7. The minimum absolute atomic E-state index is 0.0507. The van der Waals surface area contributed by atoms with Gasteiger partial charge in [-0.3, -0.25) is 9.52 Å². The summed E-state index contributed by atoms with van der Waals surface area (Å²) in [5, 5.41) is 13.3. The molecule has 1 fully saturated rings. The smallest absolute Gasteiger partial charge is 0.490 e. The van der Waals surface area contributed by atoms with Gasteiger partial charge in [0.2, 0.25) is 0 Å². The van der Waals surface area contributed by atoms with E-state index in [2.05, 4.69) is 20.3 Å². The average molecular weight is 591 g/mol. The molecule has 1 saturated heterocycles. The number of aliphatic carboxylic acids is 1. The molecule has 1 heterocycles. The largest absolute Gasteiger partial charge is 0.497 e. The Kier molecular flexibility index (Phi) is 11.4. The third kappa shape index (κ3) is 9.19. The van der Waals surface area contributed by atoms with E-state index in [1.807, 2.05) is 13.8 Å². The van der Waals surface area contributed by atoms with E-state index in [9.17, 15) is 26.4 Å². The van der Waals surface area contributed by atoms with Crippen LogP contribution in [0.1, 0.15) is 24.2 Å². The zero-order valence-corrected chi connectivity index (χ0v) is 23.3. The van der Waals surface area contributed by atoms with Crippen molar-refractivity contribution < 1.29 is 45.8 Å². The van der Waals surface area contributed by atoms with Gasteiger partial charge in [-0.15, -0.1) is 0 Å². The SMILES string of the molecule is COc1ccc(OC)c(S(=O)(=O)Nc2cc(C(=O)NCC(C)C)ccc2N2CCNCC2)c1.O=C(O)C(F)(F)F. The fourth-order valence-corrected chi connectivity index (χ4v) is 4.78. The van der Waals surface area contributed by atoms with E-state index >= 15 is 0 Å². The number of sulfonamides is 1. The Labute approximate surface area is 230 Å². The standard InChI is InChI=1S/C23H32N4O5S.C2HF3O2/c1-16(2)15-25-23(28)17-5-7-20(27-11-9-24-10-12-27)19(13-17)26-33(29,30)22-14-18(31-3)6-8-21(22)32-4;3-2(4,5)1(6)7/h5-8,13-14,16,24,26H,9-12,15H2,1-4H3,(H,25,28);(H,6,7). The highest BCUT2D eigenvalue weighted by molar-refractivity contribution is 7.92. The number of anilines is 2. The van der Waals surface area contributed by atoms with Crippen molar-refractivity contribution in [3.8, 4) is 11.5 Å². The first-order valence-corrected chi connectivity index (χ1v) is 13.6. The number of nitrogens with zero attached hydrogens (tertiary/aromatic N) is 1. The number of methoxy groups -OCH3 is 2. The highest BCUT2D eigenvalue weighted by Gasteiger charge is 2.38. The first-order valence-electron chi connectivity index (χ1n) is 12.1. The van der Waals surface area contributed by atoms with Crippen molar-refractivity contribution in [2.75, 3.05) is 56.6 Å². The second-order valence-corrected chi connectivity index (χ2v) is 10.6. The van der Waals surface area contributed by atoms with Gasteiger partial charge in [-0.2, -0.15) is 13.2 Å². The summed E-state index contributed by atoms with van der Waals surface area (Å²) in [5.74, 6) is -2.13. The number of benzene rings is 2. The molecule has 0 unspecified atom stereocenters. The normalized spacial score (nSPS) is 13.7. The Morgan fingerprint density at radius 1 is 1.07 bits per heavy atom. The second kappa shape index (κ2) is 14.1. The van der Waals surface area contributed by atoms with Crippen molar-refractivity contribution in [1.82, 2.24) is 10.6 Å². The number of ether oxygens (including phenoxy) is 2. The fraction of sp³-hybridized carbons (Fsp3) is 0.440. The lowest BCUT2D eigenvalue weighted by atomic mass is 10.1. The summed E-state index contributed by atoms with van der Waals surface area (Å²) < 4.78 is 71.7. The number of carbonyl (C=O) groups excluding carboxylic acids is 1. The van der Waals surface area contributed by atoms with Gasteiger partial charge in [-0.1, -0.05) is 13.8 Å². The molecular weight excluding hydrogens is 557 g/mol. The highest BCUT2D eigenvalue weighted by atomic mass is 32.2. The number of hydrogen-bond donors (Lipinski definition) is 4. The molecule has 4 N–H and O–H groups in total. The molecule has 0 radical (unpaired) electrons. The van der Waals surface area contributed by atoms with Crippen LogP contribution in [0, 0.1) is 5.92 Å². The van der Waals surface area contributed by atoms with Crippen LogP contribution in [0.2, 0.25) is 0 Å². The molecule has 1 amide bonds. The minimum atomic E-state index is -5.08. The molecule has 2 aromatic carbocycles. The van der Waals surface area contributed by atoms with Crippen LogP contribution in [0.5, 0.6) is 11.5 Å². The van der Waals surface area contributed by atoms with Crippen molar-refractivity contribution in [1.29, 1.82) is 0 Å². The van der Waals surface area contributed by atoms with Crippen LogP contribution in [0.25, 0.3) is 0 Å². The molecule has 0 bridgehead atoms. The summed E-state index contributed by atoms with van der Waals surface area (Å²) in [6, 6.07) is 9.67. The minimum Gasteiger partial charge on any atom is -0.497 e. The van der Waals surface area contributed by atoms with Gasteiger partial charge < -0.3 is 30.1 Å². The summed E-state index contributed by atoms with van der Waals surface area (Å²) in [5.41, 5.74) is 1.42. The van der Waals surface area contributed by atoms with Gasteiger partial charge in [0, 0.05) is 44.4 Å². The van der Waals surface area contributed by atoms with Crippen LogP contribution in [-0.4, -0.2) is 78.5 Å². The molecule has 11 nitrogen and oxygen atoms in total. The lowest BCUT2D eigenvalue weighted by Gasteiger charge is -2.31. The number of nitrogens with one attached hydrogen (secondary N) is 3. The van der Waals surface area contributed by atoms with Crippen LogP contribution >= 0.6 is 0 Å². The number of amides is 1. The Morgan fingerprint density at radius 3 is 2.23 bits per heavy atom. The summed E-state index contributed by atoms with van der Waals surface area (Å²) in [4.78, 5) is 23.6. The predicted octanol–water partition coefficient (Wildman–Crippen LogP) is 2.93. The van der Waals surface area contributed by atoms with Gasteiger partial charge in [0.1, 0.15) is 16.4 Å². The van der Waals surface area contributed by atoms with Crippen LogP contribution in [0.3, 0.4) is 0 Å². The van der Waals surface area contributed by atoms with Gasteiger partial charge in [-0.25, -0.2) is 13.2 Å². The van der Waals surface area contributed by atoms with E-state index in [-0.39, 0.29) is 16.6 Å². The van der Waals surface area contributed by atoms with Crippen molar-refractivity contribution in [3.05, 3.63) is 42.0 Å². The first kappa shape index (κ1) is 32.5. The molecule has 1 aliphatic rings. The zero-order valence-electron chi connectivity index (χ0n) is 22.5. The van der Waals surface area contributed by atoms with Crippen LogP contribution in [0.15, 0.2) is 41.3 Å². The number of carbonyl (C=O) groups is 2. The van der Waals surface area contributed by atoms with Crippen molar-refractivity contribution in [3.63, 3.8) is 0 Å². The number of alkyl halides is 3. The Morgan fingerprint density at radius 2 is 1.70 bits per heavy atom. The van der Waals surface area contributed by atoms with Crippen LogP contribution < -0.4 is 29.7 Å². The number of halogens is 3. The molecule has 15 heteroatoms. The topological polar surface area (TPSA) is 146 Å². The maximum atomic E-state index is 13.4. The van der Waals surface area contributed by atoms with E-state index in [0.29, 0.717) is 35.2 Å². The summed E-state index contributed by atoms with van der Waals surface area (Å²) in [6.07, 6.45) is -5.08. The molecule has 1 aliphatic heterocycles. The molecule has 0 aromatic heterocycles. The number of carboxylic acids is 1. The third-order valence-corrected chi connectivity index (χ3v) is 6.92. The van der Waals surface area contributed by atoms with Gasteiger partial charge in [-0.05, 0) is 36.2 Å². The molecule has 0 atom stereocenters. The van der Waals surface area contributed by atoms with Crippen molar-refractivity contribution in [2.45, 2.75) is 24.9 Å². The second-order valence-electron chi connectivity index (χ2n) is 9.00. The molecule has 0 spiro atoms. The van der Waals surface area contributed by atoms with E-state index in [1.54, 1.807) is 30.3 Å². The Balaban J connectivity index is 0.000000708. The number of carboxylic acid groups (broad SMARTS) is 1. The molecule has 2 aromatic rings. The molecule has 40 heavy (non-hydrogen) atoms. The predicted molar refractivity (Wildman–Crippen MR) is 143 cm³/mol. The quantitative estimate of drug-likeness (QED) is 0.346. The van der Waals surface area contributed by atoms with Crippen molar-refractivity contribution >= 4 is 33.3 Å². The lowest BCUT2D eigenvalue weighted by Crippen LogP contribution is -2.43. The fourth-order valence-electron chi connectivity index (χ4n) is 3.53. The van der Waals surface area contributed by atoms with E-state index in [0.717, 1.165) is 26.2 Å². The number of piperazine rings is 1. The van der Waals surface area contributed by atoms with Gasteiger partial charge >= 0.3 is 12.1 Å². The lowest BCUT2D eigenvalue weighted by molar-refractivity contribution is -0.192. The zero-order chi connectivity index (χ0) is 30.1. The maximum Gasteiger partial charge on any atom is 0.490 e. The molecule has 3 rings (SSSR count). The monoisotopic (exact) mass is 590 g/mol. The van der Waals surface area contributed by atoms with Crippen LogP contribution in [-0.2, 0) is 14.8 Å². The average Bonchev–Trinajstić information content (AvgIpc) is 2.91. The molecular formula is C25H33F3N4O7S. The molecule has 222 valence electrons. The van der Waals surface area contributed by atoms with Gasteiger partial charge in [0.25, 0.3) is 15.9 Å². The third-order valence-electron chi connectivity index (χ3n) is 5.53. The summed E-state index contributed by atoms with van der Waals surface area (Å²) >= 11 is 0. The highest BCUT2D eigenvalue weighted by Crippen LogP contribution is 2.33. The number of rotatable bonds is 9. The molecule has 0 aliphatic carbocycles. The number of hydrogen-bond acceptors (Lipinski definition) is 8. The van der Waals surface area contributed by atoms with E-state index in [1.165, 1.54) is 20.3 Å². The Hall–Kier alpha value is -3.72. The Bertz CT molecular complexity index is 1280. The van der Waals surface area contributed by atoms with E-state index < -0.39 is 22.2 Å². The van der Waals surface area contributed by atoms with Gasteiger partial charge in [0.05, 0.1) is 25.6 Å². The van der Waals surface area contributed by atoms with Crippen LogP contribution in [0.4, 0.5) is 24.5 Å². The van der Waals surface area contributed by atoms with Gasteiger partial charge in [0.15, 0.2) is 0 Å². The maximum absolute atomic E-state index is 13.4. The summed E-state index contributed by atoms with van der Waals surface area (Å²) in [7, 11) is -1.17. The van der Waals surface area contributed by atoms with E-state index in [4.69, 9.17) is 19.4 Å². The molecule has 0 saturated carbocycles. The van der Waals surface area contributed by atoms with Crippen molar-refractivity contribution in [2.24, 2.45) is 5.92 Å².